The van der Waals surface area contributed by atoms with Crippen LogP contribution in [-0.2, 0) is 13.0 Å². The first-order valence-corrected chi connectivity index (χ1v) is 5.93. The monoisotopic (exact) mass is 213 g/mol. The zero-order chi connectivity index (χ0) is 11.0. The van der Waals surface area contributed by atoms with Gasteiger partial charge in [0.25, 0.3) is 0 Å². The molecule has 16 heavy (non-hydrogen) atoms. The van der Waals surface area contributed by atoms with Gasteiger partial charge >= 0.3 is 0 Å². The molecule has 0 atom stereocenters. The first-order chi connectivity index (χ1) is 7.84. The van der Waals surface area contributed by atoms with E-state index in [0.29, 0.717) is 0 Å². The zero-order valence-electron chi connectivity index (χ0n) is 9.32. The minimum Gasteiger partial charge on any atom is -0.281 e. The normalized spacial score (nSPS) is 22.9. The van der Waals surface area contributed by atoms with Crippen LogP contribution in [-0.4, -0.2) is 22.0 Å². The summed E-state index contributed by atoms with van der Waals surface area (Å²) in [5, 5.41) is 9.33. The third-order valence-electron chi connectivity index (χ3n) is 3.96. The van der Waals surface area contributed by atoms with Crippen molar-refractivity contribution in [3.05, 3.63) is 29.6 Å². The summed E-state index contributed by atoms with van der Waals surface area (Å²) in [4.78, 5) is 6.74. The highest BCUT2D eigenvalue weighted by molar-refractivity contribution is 5.25. The molecule has 0 spiro atoms. The second-order valence-electron chi connectivity index (χ2n) is 4.78. The van der Waals surface area contributed by atoms with E-state index in [9.17, 15) is 5.26 Å². The highest BCUT2D eigenvalue weighted by Crippen LogP contribution is 2.39. The third kappa shape index (κ3) is 1.34. The van der Waals surface area contributed by atoms with Crippen molar-refractivity contribution in [3.63, 3.8) is 0 Å². The fourth-order valence-corrected chi connectivity index (χ4v) is 2.74. The van der Waals surface area contributed by atoms with Crippen LogP contribution in [0.4, 0.5) is 0 Å². The first-order valence-electron chi connectivity index (χ1n) is 5.93. The van der Waals surface area contributed by atoms with Crippen molar-refractivity contribution < 1.29 is 0 Å². The van der Waals surface area contributed by atoms with E-state index in [-0.39, 0.29) is 5.54 Å². The highest BCUT2D eigenvalue weighted by atomic mass is 15.2. The molecule has 1 fully saturated rings. The molecule has 3 nitrogen and oxygen atoms in total. The van der Waals surface area contributed by atoms with E-state index < -0.39 is 0 Å². The van der Waals surface area contributed by atoms with Gasteiger partial charge in [-0.1, -0.05) is 6.07 Å². The predicted octanol–water partition coefficient (Wildman–Crippen LogP) is 1.89. The van der Waals surface area contributed by atoms with Crippen LogP contribution in [0.15, 0.2) is 18.3 Å². The van der Waals surface area contributed by atoms with E-state index in [4.69, 9.17) is 0 Å². The molecule has 0 saturated heterocycles. The predicted molar refractivity (Wildman–Crippen MR) is 60.5 cm³/mol. The van der Waals surface area contributed by atoms with Crippen molar-refractivity contribution in [2.24, 2.45) is 0 Å². The maximum Gasteiger partial charge on any atom is 0.109 e. The average molecular weight is 213 g/mol. The molecule has 0 N–H and O–H groups in total. The van der Waals surface area contributed by atoms with Gasteiger partial charge in [0.1, 0.15) is 5.54 Å². The fourth-order valence-electron chi connectivity index (χ4n) is 2.74. The quantitative estimate of drug-likeness (QED) is 0.715. The average Bonchev–Trinajstić information content (AvgIpc) is 2.28. The molecule has 82 valence electrons. The summed E-state index contributed by atoms with van der Waals surface area (Å²) in [5.41, 5.74) is 2.36. The van der Waals surface area contributed by atoms with Crippen molar-refractivity contribution in [1.82, 2.24) is 9.88 Å². The number of pyridine rings is 1. The van der Waals surface area contributed by atoms with Gasteiger partial charge in [-0.3, -0.25) is 9.88 Å². The van der Waals surface area contributed by atoms with Gasteiger partial charge in [0.15, 0.2) is 0 Å². The molecule has 2 aliphatic rings. The van der Waals surface area contributed by atoms with Gasteiger partial charge in [0.2, 0.25) is 0 Å². The van der Waals surface area contributed by atoms with Crippen LogP contribution in [0.25, 0.3) is 0 Å². The lowest BCUT2D eigenvalue weighted by atomic mass is 9.75. The van der Waals surface area contributed by atoms with Gasteiger partial charge < -0.3 is 0 Å². The smallest absolute Gasteiger partial charge is 0.109 e. The van der Waals surface area contributed by atoms with Crippen LogP contribution in [0.5, 0.6) is 0 Å². The van der Waals surface area contributed by atoms with Gasteiger partial charge in [-0.2, -0.15) is 5.26 Å². The molecular weight excluding hydrogens is 198 g/mol. The van der Waals surface area contributed by atoms with E-state index >= 15 is 0 Å². The van der Waals surface area contributed by atoms with Crippen molar-refractivity contribution in [2.75, 3.05) is 6.54 Å². The Balaban J connectivity index is 1.86. The molecule has 1 saturated carbocycles. The van der Waals surface area contributed by atoms with E-state index in [2.05, 4.69) is 22.0 Å². The summed E-state index contributed by atoms with van der Waals surface area (Å²) >= 11 is 0. The molecular formula is C13H15N3. The minimum absolute atomic E-state index is 0.159. The van der Waals surface area contributed by atoms with Gasteiger partial charge in [0.05, 0.1) is 6.07 Å². The van der Waals surface area contributed by atoms with E-state index in [1.807, 2.05) is 12.3 Å². The van der Waals surface area contributed by atoms with Crippen molar-refractivity contribution in [3.8, 4) is 6.07 Å². The molecule has 0 unspecified atom stereocenters. The number of nitrogens with zero attached hydrogens (tertiary/aromatic N) is 3. The van der Waals surface area contributed by atoms with Crippen LogP contribution in [0, 0.1) is 11.3 Å². The molecule has 1 aromatic heterocycles. The molecule has 2 heterocycles. The third-order valence-corrected chi connectivity index (χ3v) is 3.96. The van der Waals surface area contributed by atoms with Crippen LogP contribution in [0.1, 0.15) is 30.5 Å². The number of rotatable bonds is 1. The van der Waals surface area contributed by atoms with Crippen LogP contribution >= 0.6 is 0 Å². The Hall–Kier alpha value is -1.40. The summed E-state index contributed by atoms with van der Waals surface area (Å²) in [6.45, 7) is 1.88. The molecule has 1 aromatic rings. The molecule has 1 aliphatic heterocycles. The van der Waals surface area contributed by atoms with Crippen molar-refractivity contribution in [2.45, 2.75) is 37.8 Å². The summed E-state index contributed by atoms with van der Waals surface area (Å²) < 4.78 is 0. The lowest BCUT2D eigenvalue weighted by Gasteiger charge is -2.46. The van der Waals surface area contributed by atoms with Crippen LogP contribution < -0.4 is 0 Å². The maximum absolute atomic E-state index is 9.33. The largest absolute Gasteiger partial charge is 0.281 e. The Bertz CT molecular complexity index is 443. The maximum atomic E-state index is 9.33. The van der Waals surface area contributed by atoms with E-state index in [1.54, 1.807) is 0 Å². The number of hydrogen-bond donors (Lipinski definition) is 0. The Kier molecular flexibility index (Phi) is 2.19. The number of aromatic nitrogens is 1. The molecule has 0 aromatic carbocycles. The molecule has 3 heteroatoms. The molecule has 0 bridgehead atoms. The SMILES string of the molecule is N#CC1(N2CCc3ncccc3C2)CCC1. The van der Waals surface area contributed by atoms with Gasteiger partial charge in [-0.25, -0.2) is 0 Å². The Morgan fingerprint density at radius 2 is 2.31 bits per heavy atom. The Morgan fingerprint density at radius 3 is 3.00 bits per heavy atom. The summed E-state index contributed by atoms with van der Waals surface area (Å²) in [6.07, 6.45) is 6.12. The number of nitriles is 1. The Labute approximate surface area is 95.7 Å². The standard InChI is InChI=1S/C13H15N3/c14-10-13(5-2-6-13)16-8-4-12-11(9-16)3-1-7-15-12/h1,3,7H,2,4-6,8-9H2. The van der Waals surface area contributed by atoms with Crippen LogP contribution in [0.3, 0.4) is 0 Å². The molecule has 3 rings (SSSR count). The lowest BCUT2D eigenvalue weighted by Crippen LogP contribution is -2.54. The molecule has 0 amide bonds. The molecule has 1 aliphatic carbocycles. The summed E-state index contributed by atoms with van der Waals surface area (Å²) in [5.74, 6) is 0. The van der Waals surface area contributed by atoms with Gasteiger partial charge in [-0.05, 0) is 30.9 Å². The lowest BCUT2D eigenvalue weighted by molar-refractivity contribution is 0.0521. The summed E-state index contributed by atoms with van der Waals surface area (Å²) in [7, 11) is 0. The number of fused-ring (bicyclic) bond motifs is 1. The molecule has 0 radical (unpaired) electrons. The van der Waals surface area contributed by atoms with Crippen molar-refractivity contribution >= 4 is 0 Å². The number of hydrogen-bond acceptors (Lipinski definition) is 3. The fraction of sp³-hybridized carbons (Fsp3) is 0.538. The Morgan fingerprint density at radius 1 is 1.44 bits per heavy atom. The first kappa shape index (κ1) is 9.80. The van der Waals surface area contributed by atoms with Crippen molar-refractivity contribution in [1.29, 1.82) is 5.26 Å². The highest BCUT2D eigenvalue weighted by Gasteiger charge is 2.43. The second-order valence-corrected chi connectivity index (χ2v) is 4.78. The topological polar surface area (TPSA) is 39.9 Å². The minimum atomic E-state index is -0.159. The van der Waals surface area contributed by atoms with Crippen LogP contribution in [0.2, 0.25) is 0 Å². The second kappa shape index (κ2) is 3.57. The van der Waals surface area contributed by atoms with E-state index in [0.717, 1.165) is 32.4 Å². The van der Waals surface area contributed by atoms with Gasteiger partial charge in [-0.15, -0.1) is 0 Å². The van der Waals surface area contributed by atoms with Gasteiger partial charge in [0, 0.05) is 31.4 Å². The zero-order valence-corrected chi connectivity index (χ0v) is 9.32. The van der Waals surface area contributed by atoms with E-state index in [1.165, 1.54) is 17.7 Å². The summed E-state index contributed by atoms with van der Waals surface area (Å²) in [6, 6.07) is 6.65.